The van der Waals surface area contributed by atoms with Crippen LogP contribution in [0.25, 0.3) is 0 Å². The summed E-state index contributed by atoms with van der Waals surface area (Å²) in [5.74, 6) is 0.211. The van der Waals surface area contributed by atoms with E-state index in [0.29, 0.717) is 5.56 Å². The minimum Gasteiger partial charge on any atom is -0.370 e. The summed E-state index contributed by atoms with van der Waals surface area (Å²) >= 11 is 0. The van der Waals surface area contributed by atoms with Gasteiger partial charge in [-0.3, -0.25) is 4.79 Å². The zero-order chi connectivity index (χ0) is 19.1. The minimum absolute atomic E-state index is 0.0438. The molecule has 4 nitrogen and oxygen atoms in total. The van der Waals surface area contributed by atoms with Crippen molar-refractivity contribution in [3.8, 4) is 6.07 Å². The molecule has 0 N–H and O–H groups in total. The van der Waals surface area contributed by atoms with Gasteiger partial charge in [-0.1, -0.05) is 43.7 Å². The Balaban J connectivity index is 1.68. The monoisotopic (exact) mass is 361 g/mol. The number of carbonyl (C=O) groups excluding carboxylic acids is 1. The van der Waals surface area contributed by atoms with Crippen molar-refractivity contribution in [3.05, 3.63) is 65.7 Å². The Hall–Kier alpha value is -2.80. The molecule has 1 fully saturated rings. The summed E-state index contributed by atoms with van der Waals surface area (Å²) in [5, 5.41) is 8.96. The van der Waals surface area contributed by atoms with Gasteiger partial charge in [-0.05, 0) is 42.7 Å². The number of hydrogen-bond acceptors (Lipinski definition) is 3. The first-order valence-corrected chi connectivity index (χ1v) is 9.81. The highest BCUT2D eigenvalue weighted by molar-refractivity contribution is 5.83. The molecule has 0 aromatic heterocycles. The van der Waals surface area contributed by atoms with Crippen LogP contribution in [0.2, 0.25) is 0 Å². The van der Waals surface area contributed by atoms with Crippen molar-refractivity contribution in [1.82, 2.24) is 4.90 Å². The van der Waals surface area contributed by atoms with Crippen LogP contribution in [0.5, 0.6) is 0 Å². The lowest BCUT2D eigenvalue weighted by molar-refractivity contribution is -0.132. The molecule has 1 aliphatic rings. The molecule has 2 aromatic carbocycles. The average Bonchev–Trinajstić information content (AvgIpc) is 2.98. The van der Waals surface area contributed by atoms with Crippen molar-refractivity contribution >= 4 is 11.6 Å². The molecule has 0 radical (unpaired) electrons. The molecule has 27 heavy (non-hydrogen) atoms. The molecule has 1 amide bonds. The second-order valence-corrected chi connectivity index (χ2v) is 7.08. The van der Waals surface area contributed by atoms with E-state index in [1.807, 2.05) is 47.4 Å². The van der Waals surface area contributed by atoms with Gasteiger partial charge in [0, 0.05) is 31.9 Å². The van der Waals surface area contributed by atoms with Crippen LogP contribution in [-0.2, 0) is 4.79 Å². The van der Waals surface area contributed by atoms with Gasteiger partial charge in [-0.15, -0.1) is 0 Å². The molecule has 0 spiro atoms. The van der Waals surface area contributed by atoms with Gasteiger partial charge in [0.2, 0.25) is 5.91 Å². The number of carbonyl (C=O) groups is 1. The molecule has 3 rings (SSSR count). The van der Waals surface area contributed by atoms with Gasteiger partial charge in [0.05, 0.1) is 17.6 Å². The Labute approximate surface area is 162 Å². The van der Waals surface area contributed by atoms with Crippen LogP contribution in [0.1, 0.15) is 43.2 Å². The van der Waals surface area contributed by atoms with Crippen molar-refractivity contribution in [2.45, 2.75) is 32.1 Å². The largest absolute Gasteiger partial charge is 0.370 e. The Morgan fingerprint density at radius 3 is 2.44 bits per heavy atom. The van der Waals surface area contributed by atoms with E-state index in [1.165, 1.54) is 0 Å². The van der Waals surface area contributed by atoms with Gasteiger partial charge in [-0.25, -0.2) is 0 Å². The minimum atomic E-state index is -0.0438. The lowest BCUT2D eigenvalue weighted by Gasteiger charge is -2.27. The van der Waals surface area contributed by atoms with Gasteiger partial charge in [-0.2, -0.15) is 5.26 Å². The number of nitrogens with zero attached hydrogens (tertiary/aromatic N) is 3. The fourth-order valence-electron chi connectivity index (χ4n) is 3.77. The third-order valence-electron chi connectivity index (χ3n) is 5.25. The zero-order valence-corrected chi connectivity index (χ0v) is 16.0. The maximum absolute atomic E-state index is 13.2. The molecular formula is C23H27N3O. The molecule has 4 heteroatoms. The Morgan fingerprint density at radius 1 is 1.04 bits per heavy atom. The number of nitriles is 1. The first-order chi connectivity index (χ1) is 13.2. The summed E-state index contributed by atoms with van der Waals surface area (Å²) in [6.07, 6.45) is 2.84. The van der Waals surface area contributed by atoms with Crippen LogP contribution in [0.3, 0.4) is 0 Å². The smallest absolute Gasteiger partial charge is 0.230 e. The third-order valence-corrected chi connectivity index (χ3v) is 5.25. The van der Waals surface area contributed by atoms with Crippen molar-refractivity contribution in [1.29, 1.82) is 5.26 Å². The van der Waals surface area contributed by atoms with E-state index >= 15 is 0 Å². The van der Waals surface area contributed by atoms with Crippen LogP contribution < -0.4 is 4.90 Å². The number of hydrogen-bond donors (Lipinski definition) is 0. The SMILES string of the molecule is CCCC(C(=O)N1CCCN(c2ccc(C#N)cc2)CC1)c1ccccc1. The van der Waals surface area contributed by atoms with E-state index in [-0.39, 0.29) is 11.8 Å². The van der Waals surface area contributed by atoms with Crippen molar-refractivity contribution < 1.29 is 4.79 Å². The van der Waals surface area contributed by atoms with Crippen LogP contribution in [-0.4, -0.2) is 37.0 Å². The first-order valence-electron chi connectivity index (χ1n) is 9.81. The summed E-state index contributed by atoms with van der Waals surface area (Å²) in [4.78, 5) is 17.6. The van der Waals surface area contributed by atoms with Crippen LogP contribution in [0.4, 0.5) is 5.69 Å². The van der Waals surface area contributed by atoms with Crippen molar-refractivity contribution in [2.24, 2.45) is 0 Å². The number of benzene rings is 2. The predicted molar refractivity (Wildman–Crippen MR) is 109 cm³/mol. The number of rotatable bonds is 5. The molecule has 1 atom stereocenters. The molecule has 1 saturated heterocycles. The fraction of sp³-hybridized carbons (Fsp3) is 0.391. The van der Waals surface area contributed by atoms with Crippen molar-refractivity contribution in [2.75, 3.05) is 31.1 Å². The lowest BCUT2D eigenvalue weighted by atomic mass is 9.93. The Bertz CT molecular complexity index is 780. The predicted octanol–water partition coefficient (Wildman–Crippen LogP) is 4.18. The van der Waals surface area contributed by atoms with Gasteiger partial charge < -0.3 is 9.80 Å². The molecular weight excluding hydrogens is 334 g/mol. The van der Waals surface area contributed by atoms with Gasteiger partial charge in [0.15, 0.2) is 0 Å². The quantitative estimate of drug-likeness (QED) is 0.802. The zero-order valence-electron chi connectivity index (χ0n) is 16.0. The number of anilines is 1. The number of amides is 1. The van der Waals surface area contributed by atoms with E-state index in [2.05, 4.69) is 30.0 Å². The van der Waals surface area contributed by atoms with Crippen LogP contribution in [0.15, 0.2) is 54.6 Å². The van der Waals surface area contributed by atoms with E-state index in [1.54, 1.807) is 0 Å². The van der Waals surface area contributed by atoms with Crippen LogP contribution >= 0.6 is 0 Å². The summed E-state index contributed by atoms with van der Waals surface area (Å²) < 4.78 is 0. The molecule has 0 bridgehead atoms. The van der Waals surface area contributed by atoms with E-state index < -0.39 is 0 Å². The summed E-state index contributed by atoms with van der Waals surface area (Å²) in [7, 11) is 0. The highest BCUT2D eigenvalue weighted by Crippen LogP contribution is 2.25. The fourth-order valence-corrected chi connectivity index (χ4v) is 3.77. The third kappa shape index (κ3) is 4.68. The molecule has 1 unspecified atom stereocenters. The second-order valence-electron chi connectivity index (χ2n) is 7.08. The van der Waals surface area contributed by atoms with Crippen LogP contribution in [0, 0.1) is 11.3 Å². The summed E-state index contributed by atoms with van der Waals surface area (Å²) in [6.45, 7) is 5.44. The highest BCUT2D eigenvalue weighted by Gasteiger charge is 2.26. The standard InChI is InChI=1S/C23H27N3O/c1-2-7-22(20-8-4-3-5-9-20)23(27)26-15-6-14-25(16-17-26)21-12-10-19(18-24)11-13-21/h3-5,8-13,22H,2,6-7,14-17H2,1H3. The van der Waals surface area contributed by atoms with E-state index in [9.17, 15) is 4.79 Å². The lowest BCUT2D eigenvalue weighted by Crippen LogP contribution is -2.38. The normalized spacial score (nSPS) is 15.7. The molecule has 1 aliphatic heterocycles. The summed E-state index contributed by atoms with van der Waals surface area (Å²) in [6, 6.07) is 20.0. The molecule has 0 saturated carbocycles. The maximum Gasteiger partial charge on any atom is 0.230 e. The van der Waals surface area contributed by atoms with Crippen molar-refractivity contribution in [3.63, 3.8) is 0 Å². The second kappa shape index (κ2) is 9.23. The summed E-state index contributed by atoms with van der Waals surface area (Å²) in [5.41, 5.74) is 2.92. The Morgan fingerprint density at radius 2 is 1.78 bits per heavy atom. The van der Waals surface area contributed by atoms with Gasteiger partial charge in [0.1, 0.15) is 0 Å². The topological polar surface area (TPSA) is 47.3 Å². The first kappa shape index (κ1) is 19.0. The molecule has 2 aromatic rings. The highest BCUT2D eigenvalue weighted by atomic mass is 16.2. The average molecular weight is 361 g/mol. The Kier molecular flexibility index (Phi) is 6.49. The van der Waals surface area contributed by atoms with E-state index in [4.69, 9.17) is 5.26 Å². The molecule has 1 heterocycles. The van der Waals surface area contributed by atoms with Gasteiger partial charge in [0.25, 0.3) is 0 Å². The van der Waals surface area contributed by atoms with E-state index in [0.717, 1.165) is 56.7 Å². The molecule has 0 aliphatic carbocycles. The van der Waals surface area contributed by atoms with Gasteiger partial charge >= 0.3 is 0 Å². The maximum atomic E-state index is 13.2. The molecule has 140 valence electrons.